The molecule has 2 heterocycles. The fraction of sp³-hybridized carbons (Fsp3) is 0.350. The first-order valence-corrected chi connectivity index (χ1v) is 9.36. The molecule has 2 aromatic carbocycles. The maximum atomic E-state index is 13.8. The minimum absolute atomic E-state index is 0.0996. The van der Waals surface area contributed by atoms with Gasteiger partial charge in [-0.1, -0.05) is 17.7 Å². The van der Waals surface area contributed by atoms with E-state index in [2.05, 4.69) is 10.2 Å². The second kappa shape index (κ2) is 7.74. The third-order valence-electron chi connectivity index (χ3n) is 4.86. The van der Waals surface area contributed by atoms with Gasteiger partial charge in [0.2, 0.25) is 5.91 Å². The molecule has 0 unspecified atom stereocenters. The summed E-state index contributed by atoms with van der Waals surface area (Å²) in [5.74, 6) is 0.734. The molecule has 0 spiro atoms. The fourth-order valence-electron chi connectivity index (χ4n) is 3.63. The van der Waals surface area contributed by atoms with Crippen LogP contribution in [0.1, 0.15) is 24.4 Å². The summed E-state index contributed by atoms with van der Waals surface area (Å²) in [5, 5.41) is 2.99. The van der Waals surface area contributed by atoms with Gasteiger partial charge >= 0.3 is 0 Å². The van der Waals surface area contributed by atoms with E-state index in [0.717, 1.165) is 36.4 Å². The minimum Gasteiger partial charge on any atom is -0.486 e. The lowest BCUT2D eigenvalue weighted by molar-refractivity contribution is -0.117. The standard InChI is InChI=1S/C20H20ClFN2O3/c21-14-4-5-15(22)16(11-14)23-20(25)12-24-7-1-2-17(24)13-3-6-18-19(10-13)27-9-8-26-18/h3-6,10-11,17H,1-2,7-9,12H2,(H,23,25)/t17-/m0/s1. The van der Waals surface area contributed by atoms with Crippen molar-refractivity contribution < 1.29 is 18.7 Å². The summed E-state index contributed by atoms with van der Waals surface area (Å²) >= 11 is 5.88. The Bertz CT molecular complexity index is 861. The number of fused-ring (bicyclic) bond motifs is 1. The number of ether oxygens (including phenoxy) is 2. The van der Waals surface area contributed by atoms with Crippen molar-refractivity contribution in [3.63, 3.8) is 0 Å². The zero-order valence-corrected chi connectivity index (χ0v) is 15.5. The molecule has 2 aliphatic rings. The van der Waals surface area contributed by atoms with Crippen molar-refractivity contribution in [1.29, 1.82) is 0 Å². The van der Waals surface area contributed by atoms with Crippen molar-refractivity contribution >= 4 is 23.2 Å². The summed E-state index contributed by atoms with van der Waals surface area (Å²) in [5.41, 5.74) is 1.20. The van der Waals surface area contributed by atoms with Gasteiger partial charge in [0.05, 0.1) is 12.2 Å². The molecule has 1 atom stereocenters. The molecular weight excluding hydrogens is 371 g/mol. The molecule has 7 heteroatoms. The van der Waals surface area contributed by atoms with E-state index in [1.807, 2.05) is 18.2 Å². The highest BCUT2D eigenvalue weighted by Crippen LogP contribution is 2.38. The van der Waals surface area contributed by atoms with E-state index < -0.39 is 5.82 Å². The number of hydrogen-bond donors (Lipinski definition) is 1. The van der Waals surface area contributed by atoms with Crippen LogP contribution >= 0.6 is 11.6 Å². The van der Waals surface area contributed by atoms with Crippen molar-refractivity contribution in [1.82, 2.24) is 4.90 Å². The highest BCUT2D eigenvalue weighted by Gasteiger charge is 2.29. The smallest absolute Gasteiger partial charge is 0.238 e. The van der Waals surface area contributed by atoms with Gasteiger partial charge in [-0.3, -0.25) is 9.69 Å². The summed E-state index contributed by atoms with van der Waals surface area (Å²) in [6, 6.07) is 10.2. The van der Waals surface area contributed by atoms with Crippen LogP contribution in [0, 0.1) is 5.82 Å². The topological polar surface area (TPSA) is 50.8 Å². The van der Waals surface area contributed by atoms with Crippen LogP contribution in [-0.2, 0) is 4.79 Å². The lowest BCUT2D eigenvalue weighted by Crippen LogP contribution is -2.33. The maximum Gasteiger partial charge on any atom is 0.238 e. The normalized spacial score (nSPS) is 19.1. The van der Waals surface area contributed by atoms with E-state index in [9.17, 15) is 9.18 Å². The van der Waals surface area contributed by atoms with Gasteiger partial charge in [-0.25, -0.2) is 4.39 Å². The van der Waals surface area contributed by atoms with Crippen LogP contribution in [0.2, 0.25) is 5.02 Å². The molecule has 27 heavy (non-hydrogen) atoms. The number of likely N-dealkylation sites (tertiary alicyclic amines) is 1. The number of carbonyl (C=O) groups excluding carboxylic acids is 1. The number of rotatable bonds is 4. The zero-order valence-electron chi connectivity index (χ0n) is 14.7. The first kappa shape index (κ1) is 18.1. The van der Waals surface area contributed by atoms with Crippen LogP contribution in [0.15, 0.2) is 36.4 Å². The van der Waals surface area contributed by atoms with Gasteiger partial charge in [-0.05, 0) is 55.3 Å². The van der Waals surface area contributed by atoms with Gasteiger partial charge in [-0.15, -0.1) is 0 Å². The molecule has 2 aliphatic heterocycles. The van der Waals surface area contributed by atoms with E-state index in [1.54, 1.807) is 0 Å². The van der Waals surface area contributed by atoms with Crippen LogP contribution in [0.4, 0.5) is 10.1 Å². The number of anilines is 1. The number of carbonyl (C=O) groups is 1. The monoisotopic (exact) mass is 390 g/mol. The molecule has 1 N–H and O–H groups in total. The molecule has 1 saturated heterocycles. The lowest BCUT2D eigenvalue weighted by Gasteiger charge is -2.26. The largest absolute Gasteiger partial charge is 0.486 e. The van der Waals surface area contributed by atoms with E-state index >= 15 is 0 Å². The van der Waals surface area contributed by atoms with Crippen LogP contribution in [0.5, 0.6) is 11.5 Å². The molecule has 0 saturated carbocycles. The van der Waals surface area contributed by atoms with Crippen molar-refractivity contribution in [2.24, 2.45) is 0 Å². The molecule has 0 bridgehead atoms. The first-order chi connectivity index (χ1) is 13.1. The predicted molar refractivity (Wildman–Crippen MR) is 101 cm³/mol. The molecule has 5 nitrogen and oxygen atoms in total. The predicted octanol–water partition coefficient (Wildman–Crippen LogP) is 4.03. The lowest BCUT2D eigenvalue weighted by atomic mass is 10.0. The minimum atomic E-state index is -0.502. The Morgan fingerprint density at radius 3 is 2.85 bits per heavy atom. The SMILES string of the molecule is O=C(CN1CCC[C@H]1c1ccc2c(c1)OCCO2)Nc1cc(Cl)ccc1F. The summed E-state index contributed by atoms with van der Waals surface area (Å²) < 4.78 is 25.1. The highest BCUT2D eigenvalue weighted by molar-refractivity contribution is 6.30. The fourth-order valence-corrected chi connectivity index (χ4v) is 3.80. The van der Waals surface area contributed by atoms with Crippen molar-refractivity contribution in [2.45, 2.75) is 18.9 Å². The Balaban J connectivity index is 1.45. The summed E-state index contributed by atoms with van der Waals surface area (Å²) in [7, 11) is 0. The van der Waals surface area contributed by atoms with E-state index in [1.165, 1.54) is 18.2 Å². The Hall–Kier alpha value is -2.31. The summed E-state index contributed by atoms with van der Waals surface area (Å²) in [4.78, 5) is 14.5. The van der Waals surface area contributed by atoms with Gasteiger partial charge in [0.25, 0.3) is 0 Å². The maximum absolute atomic E-state index is 13.8. The second-order valence-corrected chi connectivity index (χ2v) is 7.14. The van der Waals surface area contributed by atoms with Crippen LogP contribution < -0.4 is 14.8 Å². The van der Waals surface area contributed by atoms with Crippen molar-refractivity contribution in [3.8, 4) is 11.5 Å². The Labute approximate surface area is 162 Å². The molecule has 1 amide bonds. The van der Waals surface area contributed by atoms with Gasteiger partial charge in [0.1, 0.15) is 19.0 Å². The Morgan fingerprint density at radius 2 is 2.00 bits per heavy atom. The molecule has 0 radical (unpaired) electrons. The van der Waals surface area contributed by atoms with Gasteiger partial charge in [0.15, 0.2) is 11.5 Å². The number of amides is 1. The number of nitrogens with one attached hydrogen (secondary N) is 1. The molecule has 1 fully saturated rings. The molecular formula is C20H20ClFN2O3. The molecule has 0 aromatic heterocycles. The van der Waals surface area contributed by atoms with E-state index in [-0.39, 0.29) is 24.2 Å². The third kappa shape index (κ3) is 4.01. The van der Waals surface area contributed by atoms with E-state index in [0.29, 0.717) is 18.2 Å². The highest BCUT2D eigenvalue weighted by atomic mass is 35.5. The Kier molecular flexibility index (Phi) is 5.18. The molecule has 142 valence electrons. The van der Waals surface area contributed by atoms with E-state index in [4.69, 9.17) is 21.1 Å². The van der Waals surface area contributed by atoms with Crippen LogP contribution in [0.25, 0.3) is 0 Å². The number of hydrogen-bond acceptors (Lipinski definition) is 4. The van der Waals surface area contributed by atoms with Crippen molar-refractivity contribution in [3.05, 3.63) is 52.8 Å². The van der Waals surface area contributed by atoms with Crippen molar-refractivity contribution in [2.75, 3.05) is 31.6 Å². The Morgan fingerprint density at radius 1 is 1.19 bits per heavy atom. The second-order valence-electron chi connectivity index (χ2n) is 6.70. The average molecular weight is 391 g/mol. The molecule has 2 aromatic rings. The molecule has 4 rings (SSSR count). The van der Waals surface area contributed by atoms with Gasteiger partial charge in [-0.2, -0.15) is 0 Å². The molecule has 0 aliphatic carbocycles. The number of halogens is 2. The first-order valence-electron chi connectivity index (χ1n) is 8.98. The quantitative estimate of drug-likeness (QED) is 0.856. The zero-order chi connectivity index (χ0) is 18.8. The third-order valence-corrected chi connectivity index (χ3v) is 5.10. The van der Waals surface area contributed by atoms with Gasteiger partial charge < -0.3 is 14.8 Å². The summed E-state index contributed by atoms with van der Waals surface area (Å²) in [6.45, 7) is 2.09. The summed E-state index contributed by atoms with van der Waals surface area (Å²) in [6.07, 6.45) is 1.95. The van der Waals surface area contributed by atoms with Gasteiger partial charge in [0, 0.05) is 11.1 Å². The number of nitrogens with zero attached hydrogens (tertiary/aromatic N) is 1. The number of benzene rings is 2. The van der Waals surface area contributed by atoms with Crippen LogP contribution in [0.3, 0.4) is 0 Å². The average Bonchev–Trinajstić information content (AvgIpc) is 3.12. The van der Waals surface area contributed by atoms with Crippen LogP contribution in [-0.4, -0.2) is 37.1 Å².